The van der Waals surface area contributed by atoms with Crippen LogP contribution < -0.4 is 10.6 Å². The van der Waals surface area contributed by atoms with Gasteiger partial charge in [0.25, 0.3) is 0 Å². The van der Waals surface area contributed by atoms with E-state index >= 15 is 0 Å². The quantitative estimate of drug-likeness (QED) is 0.745. The van der Waals surface area contributed by atoms with Crippen LogP contribution in [-0.2, 0) is 11.3 Å². The van der Waals surface area contributed by atoms with Crippen LogP contribution in [0.5, 0.6) is 0 Å². The third-order valence-corrected chi connectivity index (χ3v) is 2.54. The number of rotatable bonds is 7. The third-order valence-electron chi connectivity index (χ3n) is 2.54. The molecule has 1 aliphatic rings. The number of methoxy groups -OCH3 is 1. The molecule has 1 heterocycles. The molecule has 1 fully saturated rings. The van der Waals surface area contributed by atoms with E-state index in [9.17, 15) is 0 Å². The lowest BCUT2D eigenvalue weighted by Gasteiger charge is -2.23. The first-order valence-corrected chi connectivity index (χ1v) is 5.92. The Morgan fingerprint density at radius 1 is 1.41 bits per heavy atom. The van der Waals surface area contributed by atoms with Crippen LogP contribution in [0.4, 0.5) is 6.01 Å². The van der Waals surface area contributed by atoms with E-state index in [0.717, 1.165) is 0 Å². The Balaban J connectivity index is 1.83. The maximum Gasteiger partial charge on any atom is 0.316 e. The zero-order valence-corrected chi connectivity index (χ0v) is 10.6. The Labute approximate surface area is 101 Å². The zero-order chi connectivity index (χ0) is 12.3. The summed E-state index contributed by atoms with van der Waals surface area (Å²) in [5.41, 5.74) is -0.220. The predicted molar refractivity (Wildman–Crippen MR) is 63.7 cm³/mol. The van der Waals surface area contributed by atoms with Gasteiger partial charge in [-0.3, -0.25) is 0 Å². The molecule has 1 aliphatic carbocycles. The molecule has 1 saturated carbocycles. The molecule has 0 aromatic carbocycles. The van der Waals surface area contributed by atoms with Crippen LogP contribution >= 0.6 is 0 Å². The summed E-state index contributed by atoms with van der Waals surface area (Å²) in [5.74, 6) is 0.618. The number of nitrogens with zero attached hydrogens (tertiary/aromatic N) is 2. The summed E-state index contributed by atoms with van der Waals surface area (Å²) in [4.78, 5) is 0. The van der Waals surface area contributed by atoms with E-state index in [0.29, 0.717) is 31.1 Å². The Hall–Kier alpha value is -1.14. The van der Waals surface area contributed by atoms with Gasteiger partial charge in [0, 0.05) is 13.2 Å². The van der Waals surface area contributed by atoms with Crippen LogP contribution in [0.15, 0.2) is 4.42 Å². The number of nitrogens with one attached hydrogen (secondary N) is 2. The smallest absolute Gasteiger partial charge is 0.316 e. The maximum atomic E-state index is 5.49. The number of anilines is 1. The first-order valence-electron chi connectivity index (χ1n) is 5.92. The average molecular weight is 240 g/mol. The molecule has 1 aromatic rings. The van der Waals surface area contributed by atoms with E-state index < -0.39 is 0 Å². The van der Waals surface area contributed by atoms with Crippen LogP contribution in [0.2, 0.25) is 0 Å². The van der Waals surface area contributed by atoms with Crippen molar-refractivity contribution in [2.24, 2.45) is 0 Å². The van der Waals surface area contributed by atoms with Crippen molar-refractivity contribution in [2.75, 3.05) is 19.0 Å². The molecule has 1 aromatic heterocycles. The molecule has 0 aliphatic heterocycles. The number of aromatic nitrogens is 2. The van der Waals surface area contributed by atoms with Crippen molar-refractivity contribution in [3.8, 4) is 0 Å². The van der Waals surface area contributed by atoms with E-state index in [1.165, 1.54) is 12.8 Å². The second kappa shape index (κ2) is 5.01. The van der Waals surface area contributed by atoms with Gasteiger partial charge >= 0.3 is 6.01 Å². The maximum absolute atomic E-state index is 5.49. The van der Waals surface area contributed by atoms with Crippen molar-refractivity contribution in [3.63, 3.8) is 0 Å². The first kappa shape index (κ1) is 12.3. The second-order valence-electron chi connectivity index (χ2n) is 5.10. The number of ether oxygens (including phenoxy) is 1. The van der Waals surface area contributed by atoms with Crippen LogP contribution in [0, 0.1) is 0 Å². The first-order chi connectivity index (χ1) is 8.09. The summed E-state index contributed by atoms with van der Waals surface area (Å²) in [7, 11) is 1.67. The number of hydrogen-bond donors (Lipinski definition) is 2. The molecular weight excluding hydrogens is 220 g/mol. The van der Waals surface area contributed by atoms with E-state index in [2.05, 4.69) is 20.8 Å². The van der Waals surface area contributed by atoms with E-state index in [-0.39, 0.29) is 5.54 Å². The Bertz CT molecular complexity index is 360. The van der Waals surface area contributed by atoms with Gasteiger partial charge in [0.05, 0.1) is 18.7 Å². The van der Waals surface area contributed by atoms with E-state index in [1.54, 1.807) is 7.11 Å². The summed E-state index contributed by atoms with van der Waals surface area (Å²) in [6.07, 6.45) is 2.50. The lowest BCUT2D eigenvalue weighted by atomic mass is 10.1. The molecule has 2 rings (SSSR count). The van der Waals surface area contributed by atoms with Crippen LogP contribution in [-0.4, -0.2) is 35.5 Å². The number of hydrogen-bond acceptors (Lipinski definition) is 6. The van der Waals surface area contributed by atoms with E-state index in [1.807, 2.05) is 13.8 Å². The summed E-state index contributed by atoms with van der Waals surface area (Å²) in [6, 6.07) is 1.09. The highest BCUT2D eigenvalue weighted by Gasteiger charge is 2.22. The molecule has 6 nitrogen and oxygen atoms in total. The van der Waals surface area contributed by atoms with Gasteiger partial charge in [-0.1, -0.05) is 5.10 Å². The SMILES string of the molecule is COCC(C)(C)Nc1nnc(CNC2CC2)o1. The highest BCUT2D eigenvalue weighted by atomic mass is 16.5. The third kappa shape index (κ3) is 3.98. The normalized spacial score (nSPS) is 16.2. The van der Waals surface area contributed by atoms with Crippen molar-refractivity contribution in [2.45, 2.75) is 44.8 Å². The van der Waals surface area contributed by atoms with Crippen LogP contribution in [0.3, 0.4) is 0 Å². The molecule has 0 unspecified atom stereocenters. The van der Waals surface area contributed by atoms with Gasteiger partial charge in [-0.25, -0.2) is 0 Å². The molecule has 0 spiro atoms. The van der Waals surface area contributed by atoms with Crippen molar-refractivity contribution in [1.82, 2.24) is 15.5 Å². The molecule has 0 saturated heterocycles. The highest BCUT2D eigenvalue weighted by Crippen LogP contribution is 2.19. The van der Waals surface area contributed by atoms with Gasteiger partial charge < -0.3 is 19.8 Å². The van der Waals surface area contributed by atoms with E-state index in [4.69, 9.17) is 9.15 Å². The molecule has 0 amide bonds. The molecule has 6 heteroatoms. The Morgan fingerprint density at radius 3 is 2.82 bits per heavy atom. The molecule has 0 atom stereocenters. The van der Waals surface area contributed by atoms with Gasteiger partial charge in [-0.15, -0.1) is 5.10 Å². The lowest BCUT2D eigenvalue weighted by molar-refractivity contribution is 0.156. The molecule has 0 bridgehead atoms. The summed E-state index contributed by atoms with van der Waals surface area (Å²) >= 11 is 0. The fourth-order valence-corrected chi connectivity index (χ4v) is 1.58. The van der Waals surface area contributed by atoms with Crippen molar-refractivity contribution >= 4 is 6.01 Å². The monoisotopic (exact) mass is 240 g/mol. The standard InChI is InChI=1S/C11H20N4O2/c1-11(2,7-16-3)13-10-15-14-9(17-10)6-12-8-4-5-8/h8,12H,4-7H2,1-3H3,(H,13,15). The largest absolute Gasteiger partial charge is 0.407 e. The topological polar surface area (TPSA) is 72.2 Å². The van der Waals surface area contributed by atoms with Crippen molar-refractivity contribution in [1.29, 1.82) is 0 Å². The minimum atomic E-state index is -0.220. The minimum Gasteiger partial charge on any atom is -0.407 e. The fourth-order valence-electron chi connectivity index (χ4n) is 1.58. The Kier molecular flexibility index (Phi) is 3.63. The predicted octanol–water partition coefficient (Wildman–Crippen LogP) is 1.16. The summed E-state index contributed by atoms with van der Waals surface area (Å²) in [6.45, 7) is 5.25. The van der Waals surface area contributed by atoms with Gasteiger partial charge in [-0.05, 0) is 26.7 Å². The molecule has 96 valence electrons. The molecule has 0 radical (unpaired) electrons. The lowest BCUT2D eigenvalue weighted by Crippen LogP contribution is -2.36. The zero-order valence-electron chi connectivity index (χ0n) is 10.6. The minimum absolute atomic E-state index is 0.220. The highest BCUT2D eigenvalue weighted by molar-refractivity contribution is 5.22. The van der Waals surface area contributed by atoms with Crippen LogP contribution in [0.1, 0.15) is 32.6 Å². The van der Waals surface area contributed by atoms with Crippen molar-refractivity contribution < 1.29 is 9.15 Å². The fraction of sp³-hybridized carbons (Fsp3) is 0.818. The van der Waals surface area contributed by atoms with Gasteiger partial charge in [-0.2, -0.15) is 0 Å². The molecule has 2 N–H and O–H groups in total. The Morgan fingerprint density at radius 2 is 2.18 bits per heavy atom. The van der Waals surface area contributed by atoms with Gasteiger partial charge in [0.1, 0.15) is 0 Å². The van der Waals surface area contributed by atoms with Crippen LogP contribution in [0.25, 0.3) is 0 Å². The second-order valence-corrected chi connectivity index (χ2v) is 5.10. The average Bonchev–Trinajstić information content (AvgIpc) is 2.97. The summed E-state index contributed by atoms with van der Waals surface area (Å²) in [5, 5.41) is 14.4. The molecular formula is C11H20N4O2. The van der Waals surface area contributed by atoms with Gasteiger partial charge in [0.2, 0.25) is 5.89 Å². The van der Waals surface area contributed by atoms with Gasteiger partial charge in [0.15, 0.2) is 0 Å². The molecule has 17 heavy (non-hydrogen) atoms. The van der Waals surface area contributed by atoms with Crippen molar-refractivity contribution in [3.05, 3.63) is 5.89 Å². The summed E-state index contributed by atoms with van der Waals surface area (Å²) < 4.78 is 10.6.